The summed E-state index contributed by atoms with van der Waals surface area (Å²) in [7, 11) is 8.40. The van der Waals surface area contributed by atoms with Crippen LogP contribution in [0.4, 0.5) is 5.69 Å². The summed E-state index contributed by atoms with van der Waals surface area (Å²) < 4.78 is 0. The molecule has 3 heteroatoms. The molecule has 3 nitrogen and oxygen atoms in total. The molecule has 0 aliphatic rings. The van der Waals surface area contributed by atoms with Gasteiger partial charge in [0.15, 0.2) is 0 Å². The Hall–Kier alpha value is -1.06. The second-order valence-electron chi connectivity index (χ2n) is 5.23. The van der Waals surface area contributed by atoms with Crippen LogP contribution in [0.5, 0.6) is 0 Å². The lowest BCUT2D eigenvalue weighted by atomic mass is 10.1. The number of anilines is 1. The van der Waals surface area contributed by atoms with Gasteiger partial charge >= 0.3 is 0 Å². The molecular weight excluding hydrogens is 222 g/mol. The molecule has 0 aromatic heterocycles. The Labute approximate surface area is 112 Å². The molecule has 0 heterocycles. The van der Waals surface area contributed by atoms with E-state index in [-0.39, 0.29) is 0 Å². The number of nitrogens with one attached hydrogen (secondary N) is 1. The predicted molar refractivity (Wildman–Crippen MR) is 80.4 cm³/mol. The average molecular weight is 249 g/mol. The Bertz CT molecular complexity index is 361. The third-order valence-corrected chi connectivity index (χ3v) is 3.15. The third-order valence-electron chi connectivity index (χ3n) is 3.15. The second-order valence-corrected chi connectivity index (χ2v) is 5.23. The Morgan fingerprint density at radius 1 is 1.11 bits per heavy atom. The molecule has 0 unspecified atom stereocenters. The van der Waals surface area contributed by atoms with Gasteiger partial charge in [-0.3, -0.25) is 0 Å². The van der Waals surface area contributed by atoms with Gasteiger partial charge in [-0.1, -0.05) is 12.1 Å². The molecule has 0 aliphatic carbocycles. The molecule has 1 rings (SSSR count). The molecule has 0 saturated heterocycles. The summed E-state index contributed by atoms with van der Waals surface area (Å²) in [4.78, 5) is 4.58. The first-order valence-corrected chi connectivity index (χ1v) is 6.64. The van der Waals surface area contributed by atoms with Crippen LogP contribution in [0.15, 0.2) is 18.2 Å². The Kier molecular flexibility index (Phi) is 6.16. The molecule has 18 heavy (non-hydrogen) atoms. The van der Waals surface area contributed by atoms with Crippen molar-refractivity contribution in [3.63, 3.8) is 0 Å². The number of hydrogen-bond acceptors (Lipinski definition) is 3. The highest BCUT2D eigenvalue weighted by Crippen LogP contribution is 2.20. The van der Waals surface area contributed by atoms with Gasteiger partial charge in [-0.2, -0.15) is 0 Å². The van der Waals surface area contributed by atoms with Crippen molar-refractivity contribution in [2.24, 2.45) is 0 Å². The lowest BCUT2D eigenvalue weighted by Crippen LogP contribution is -2.24. The summed E-state index contributed by atoms with van der Waals surface area (Å²) in [5, 5.41) is 3.19. The maximum Gasteiger partial charge on any atom is 0.0393 e. The van der Waals surface area contributed by atoms with Crippen molar-refractivity contribution < 1.29 is 0 Å². The first-order chi connectivity index (χ1) is 8.54. The van der Waals surface area contributed by atoms with Crippen LogP contribution in [-0.2, 0) is 6.54 Å². The molecule has 1 aromatic rings. The number of benzene rings is 1. The first-order valence-electron chi connectivity index (χ1n) is 6.64. The fraction of sp³-hybridized carbons (Fsp3) is 0.600. The minimum atomic E-state index is 0.936. The third kappa shape index (κ3) is 4.67. The van der Waals surface area contributed by atoms with Gasteiger partial charge in [-0.25, -0.2) is 0 Å². The van der Waals surface area contributed by atoms with Gasteiger partial charge in [0.25, 0.3) is 0 Å². The molecule has 0 fully saturated rings. The van der Waals surface area contributed by atoms with E-state index in [1.807, 2.05) is 7.05 Å². The molecular formula is C15H27N3. The molecule has 0 radical (unpaired) electrons. The topological polar surface area (TPSA) is 18.5 Å². The van der Waals surface area contributed by atoms with Crippen LogP contribution in [0, 0.1) is 6.92 Å². The molecule has 0 saturated carbocycles. The van der Waals surface area contributed by atoms with Crippen molar-refractivity contribution in [1.82, 2.24) is 10.2 Å². The highest BCUT2D eigenvalue weighted by molar-refractivity contribution is 5.53. The summed E-state index contributed by atoms with van der Waals surface area (Å²) in [5.41, 5.74) is 4.05. The van der Waals surface area contributed by atoms with Crippen molar-refractivity contribution in [2.75, 3.05) is 46.2 Å². The lowest BCUT2D eigenvalue weighted by molar-refractivity contribution is 0.401. The van der Waals surface area contributed by atoms with E-state index in [1.165, 1.54) is 23.2 Å². The molecule has 0 atom stereocenters. The Morgan fingerprint density at radius 2 is 1.83 bits per heavy atom. The first kappa shape index (κ1) is 15.0. The fourth-order valence-corrected chi connectivity index (χ4v) is 2.20. The zero-order chi connectivity index (χ0) is 13.5. The number of rotatable bonds is 7. The van der Waals surface area contributed by atoms with E-state index >= 15 is 0 Å². The summed E-state index contributed by atoms with van der Waals surface area (Å²) in [5.74, 6) is 0. The number of aryl methyl sites for hydroxylation is 1. The summed E-state index contributed by atoms with van der Waals surface area (Å²) >= 11 is 0. The highest BCUT2D eigenvalue weighted by atomic mass is 15.1. The minimum Gasteiger partial charge on any atom is -0.374 e. The molecule has 0 amide bonds. The normalized spacial score (nSPS) is 11.0. The van der Waals surface area contributed by atoms with Crippen LogP contribution in [0.3, 0.4) is 0 Å². The van der Waals surface area contributed by atoms with E-state index in [1.54, 1.807) is 0 Å². The van der Waals surface area contributed by atoms with E-state index < -0.39 is 0 Å². The van der Waals surface area contributed by atoms with E-state index in [4.69, 9.17) is 0 Å². The zero-order valence-corrected chi connectivity index (χ0v) is 12.5. The highest BCUT2D eigenvalue weighted by Gasteiger charge is 2.05. The van der Waals surface area contributed by atoms with E-state index in [2.05, 4.69) is 61.4 Å². The molecule has 1 aromatic carbocycles. The van der Waals surface area contributed by atoms with Crippen molar-refractivity contribution in [1.29, 1.82) is 0 Å². The quantitative estimate of drug-likeness (QED) is 0.798. The largest absolute Gasteiger partial charge is 0.374 e. The summed E-state index contributed by atoms with van der Waals surface area (Å²) in [6.07, 6.45) is 1.20. The van der Waals surface area contributed by atoms with Crippen LogP contribution in [0.1, 0.15) is 17.5 Å². The van der Waals surface area contributed by atoms with Crippen LogP contribution >= 0.6 is 0 Å². The maximum atomic E-state index is 3.19. The number of hydrogen-bond donors (Lipinski definition) is 1. The van der Waals surface area contributed by atoms with E-state index in [9.17, 15) is 0 Å². The van der Waals surface area contributed by atoms with Gasteiger partial charge in [-0.15, -0.1) is 0 Å². The molecule has 1 N–H and O–H groups in total. The van der Waals surface area contributed by atoms with Gasteiger partial charge < -0.3 is 15.1 Å². The van der Waals surface area contributed by atoms with Gasteiger partial charge in [0, 0.05) is 25.8 Å². The minimum absolute atomic E-state index is 0.936. The summed E-state index contributed by atoms with van der Waals surface area (Å²) in [6.45, 7) is 5.37. The standard InChI is InChI=1S/C15H27N3/c1-13-11-14(12-16-2)7-8-15(13)18(5)10-6-9-17(3)4/h7-8,11,16H,6,9-10,12H2,1-5H3. The van der Waals surface area contributed by atoms with Crippen LogP contribution < -0.4 is 10.2 Å². The van der Waals surface area contributed by atoms with Gasteiger partial charge in [0.1, 0.15) is 0 Å². The fourth-order valence-electron chi connectivity index (χ4n) is 2.20. The SMILES string of the molecule is CNCc1ccc(N(C)CCCN(C)C)c(C)c1. The molecule has 102 valence electrons. The van der Waals surface area contributed by atoms with Crippen LogP contribution in [-0.4, -0.2) is 46.2 Å². The average Bonchev–Trinajstić information content (AvgIpc) is 2.28. The zero-order valence-electron chi connectivity index (χ0n) is 12.5. The maximum absolute atomic E-state index is 3.19. The second kappa shape index (κ2) is 7.39. The summed E-state index contributed by atoms with van der Waals surface area (Å²) in [6, 6.07) is 6.72. The van der Waals surface area contributed by atoms with Gasteiger partial charge in [0.05, 0.1) is 0 Å². The number of nitrogens with zero attached hydrogens (tertiary/aromatic N) is 2. The monoisotopic (exact) mass is 249 g/mol. The van der Waals surface area contributed by atoms with E-state index in [0.717, 1.165) is 19.6 Å². The van der Waals surface area contributed by atoms with Crippen LogP contribution in [0.2, 0.25) is 0 Å². The molecule has 0 bridgehead atoms. The molecule has 0 spiro atoms. The lowest BCUT2D eigenvalue weighted by Gasteiger charge is -2.23. The molecule has 0 aliphatic heterocycles. The Balaban J connectivity index is 2.59. The van der Waals surface area contributed by atoms with Crippen LogP contribution in [0.25, 0.3) is 0 Å². The smallest absolute Gasteiger partial charge is 0.0393 e. The van der Waals surface area contributed by atoms with Crippen molar-refractivity contribution in [2.45, 2.75) is 19.9 Å². The van der Waals surface area contributed by atoms with E-state index in [0.29, 0.717) is 0 Å². The van der Waals surface area contributed by atoms with Gasteiger partial charge in [-0.05, 0) is 58.2 Å². The van der Waals surface area contributed by atoms with Crippen molar-refractivity contribution in [3.05, 3.63) is 29.3 Å². The Morgan fingerprint density at radius 3 is 2.39 bits per heavy atom. The predicted octanol–water partition coefficient (Wildman–Crippen LogP) is 2.10. The van der Waals surface area contributed by atoms with Crippen molar-refractivity contribution >= 4 is 5.69 Å². The van der Waals surface area contributed by atoms with Crippen molar-refractivity contribution in [3.8, 4) is 0 Å². The van der Waals surface area contributed by atoms with Gasteiger partial charge in [0.2, 0.25) is 0 Å².